The Morgan fingerprint density at radius 2 is 1.85 bits per heavy atom. The maximum Gasteiger partial charge on any atom is 0.249 e. The average Bonchev–Trinajstić information content (AvgIpc) is 3.54. The highest BCUT2D eigenvalue weighted by Gasteiger charge is 2.67. The molecule has 9 atom stereocenters. The molecule has 0 aliphatic heterocycles. The van der Waals surface area contributed by atoms with E-state index >= 15 is 0 Å². The average molecular weight is 476 g/mol. The third-order valence-electron chi connectivity index (χ3n) is 10.7. The molecule has 7 nitrogen and oxygen atoms in total. The summed E-state index contributed by atoms with van der Waals surface area (Å²) in [6.07, 6.45) is 5.71. The van der Waals surface area contributed by atoms with Gasteiger partial charge < -0.3 is 25.0 Å². The molecule has 4 fully saturated rings. The number of rotatable bonds is 5. The summed E-state index contributed by atoms with van der Waals surface area (Å²) in [6.45, 7) is 6.42. The smallest absolute Gasteiger partial charge is 0.249 e. The van der Waals surface area contributed by atoms with Crippen LogP contribution < -0.4 is 0 Å². The van der Waals surface area contributed by atoms with Crippen molar-refractivity contribution < 1.29 is 29.6 Å². The summed E-state index contributed by atoms with van der Waals surface area (Å²) in [5, 5.41) is 33.1. The standard InChI is InChI=1S/C27H41NO6/c1-15(28(16-5-6-16)24(32)14-34-4)17-8-10-27(33)19-11-21(29)20-12-22(30)23(31)13-25(20,2)18(19)7-9-26(17,27)3/h11,15-18,20,22-23,30-31,33H,5-10,12-14H2,1-4H3/t15?,17?,18?,20-,22+,23-,25+,26+,27+/m0/s1. The van der Waals surface area contributed by atoms with Gasteiger partial charge in [-0.3, -0.25) is 9.59 Å². The highest BCUT2D eigenvalue weighted by Crippen LogP contribution is 2.67. The molecule has 3 unspecified atom stereocenters. The van der Waals surface area contributed by atoms with E-state index in [4.69, 9.17) is 4.74 Å². The van der Waals surface area contributed by atoms with E-state index in [1.807, 2.05) is 4.90 Å². The Hall–Kier alpha value is -1.28. The number of fused-ring (bicyclic) bond motifs is 5. The van der Waals surface area contributed by atoms with Crippen molar-refractivity contribution in [2.75, 3.05) is 13.7 Å². The quantitative estimate of drug-likeness (QED) is 0.563. The number of hydrogen-bond acceptors (Lipinski definition) is 6. The number of hydrogen-bond donors (Lipinski definition) is 3. The van der Waals surface area contributed by atoms with Crippen LogP contribution in [0.1, 0.15) is 72.1 Å². The van der Waals surface area contributed by atoms with Gasteiger partial charge in [-0.2, -0.15) is 0 Å². The number of methoxy groups -OCH3 is 1. The second-order valence-corrected chi connectivity index (χ2v) is 12.4. The monoisotopic (exact) mass is 475 g/mol. The van der Waals surface area contributed by atoms with Crippen LogP contribution in [0.5, 0.6) is 0 Å². The molecule has 190 valence electrons. The Morgan fingerprint density at radius 3 is 2.50 bits per heavy atom. The molecule has 0 aromatic carbocycles. The molecular formula is C27H41NO6. The minimum atomic E-state index is -1.10. The van der Waals surface area contributed by atoms with Crippen LogP contribution >= 0.6 is 0 Å². The second-order valence-electron chi connectivity index (χ2n) is 12.4. The lowest BCUT2D eigenvalue weighted by atomic mass is 9.46. The van der Waals surface area contributed by atoms with E-state index in [-0.39, 0.29) is 54.6 Å². The maximum atomic E-state index is 13.3. The third kappa shape index (κ3) is 3.30. The van der Waals surface area contributed by atoms with Crippen LogP contribution in [0, 0.1) is 28.6 Å². The number of ether oxygens (including phenoxy) is 1. The van der Waals surface area contributed by atoms with Gasteiger partial charge in [-0.05, 0) is 87.2 Å². The molecule has 0 radical (unpaired) electrons. The van der Waals surface area contributed by atoms with Crippen molar-refractivity contribution in [3.8, 4) is 0 Å². The lowest BCUT2D eigenvalue weighted by Gasteiger charge is -2.60. The topological polar surface area (TPSA) is 107 Å². The summed E-state index contributed by atoms with van der Waals surface area (Å²) < 4.78 is 5.16. The Balaban J connectivity index is 1.48. The lowest BCUT2D eigenvalue weighted by molar-refractivity contribution is -0.155. The van der Waals surface area contributed by atoms with Gasteiger partial charge in [-0.25, -0.2) is 0 Å². The van der Waals surface area contributed by atoms with Crippen LogP contribution in [-0.4, -0.2) is 75.5 Å². The molecule has 34 heavy (non-hydrogen) atoms. The lowest BCUT2D eigenvalue weighted by Crippen LogP contribution is -2.61. The van der Waals surface area contributed by atoms with Gasteiger partial charge in [-0.15, -0.1) is 0 Å². The molecule has 5 aliphatic rings. The van der Waals surface area contributed by atoms with Crippen molar-refractivity contribution >= 4 is 11.7 Å². The molecule has 0 saturated heterocycles. The molecule has 0 spiro atoms. The number of aliphatic hydroxyl groups excluding tert-OH is 2. The number of allylic oxidation sites excluding steroid dienone is 1. The highest BCUT2D eigenvalue weighted by molar-refractivity contribution is 5.95. The van der Waals surface area contributed by atoms with Crippen LogP contribution in [0.15, 0.2) is 11.6 Å². The van der Waals surface area contributed by atoms with Crippen LogP contribution in [0.2, 0.25) is 0 Å². The molecule has 4 saturated carbocycles. The van der Waals surface area contributed by atoms with Gasteiger partial charge >= 0.3 is 0 Å². The van der Waals surface area contributed by atoms with Crippen molar-refractivity contribution in [1.29, 1.82) is 0 Å². The number of nitrogens with zero attached hydrogens (tertiary/aromatic N) is 1. The minimum Gasteiger partial charge on any atom is -0.390 e. The van der Waals surface area contributed by atoms with Gasteiger partial charge in [0.1, 0.15) is 6.61 Å². The summed E-state index contributed by atoms with van der Waals surface area (Å²) in [4.78, 5) is 28.3. The molecule has 7 heteroatoms. The van der Waals surface area contributed by atoms with Gasteiger partial charge in [0.15, 0.2) is 5.78 Å². The molecular weight excluding hydrogens is 434 g/mol. The van der Waals surface area contributed by atoms with Crippen LogP contribution in [0.25, 0.3) is 0 Å². The number of aliphatic hydroxyl groups is 3. The van der Waals surface area contributed by atoms with Crippen molar-refractivity contribution in [3.63, 3.8) is 0 Å². The number of carbonyl (C=O) groups excluding carboxylic acids is 2. The molecule has 1 amide bonds. The predicted octanol–water partition coefficient (Wildman–Crippen LogP) is 2.22. The van der Waals surface area contributed by atoms with Gasteiger partial charge in [0.05, 0.1) is 17.8 Å². The fourth-order valence-corrected chi connectivity index (χ4v) is 8.69. The van der Waals surface area contributed by atoms with Crippen LogP contribution in [0.4, 0.5) is 0 Å². The van der Waals surface area contributed by atoms with E-state index in [0.717, 1.165) is 37.7 Å². The summed E-state index contributed by atoms with van der Waals surface area (Å²) in [7, 11) is 1.55. The highest BCUT2D eigenvalue weighted by atomic mass is 16.5. The maximum absolute atomic E-state index is 13.3. The molecule has 0 heterocycles. The molecule has 0 aromatic rings. The summed E-state index contributed by atoms with van der Waals surface area (Å²) in [5.41, 5.74) is -1.16. The Morgan fingerprint density at radius 1 is 1.15 bits per heavy atom. The number of ketones is 1. The Kier molecular flexibility index (Phi) is 5.83. The van der Waals surface area contributed by atoms with Crippen LogP contribution in [-0.2, 0) is 14.3 Å². The zero-order chi connectivity index (χ0) is 24.6. The summed E-state index contributed by atoms with van der Waals surface area (Å²) >= 11 is 0. The predicted molar refractivity (Wildman–Crippen MR) is 126 cm³/mol. The first kappa shape index (κ1) is 24.4. The van der Waals surface area contributed by atoms with Crippen molar-refractivity contribution in [2.45, 2.75) is 102 Å². The van der Waals surface area contributed by atoms with E-state index in [0.29, 0.717) is 12.8 Å². The Labute approximate surface area is 202 Å². The van der Waals surface area contributed by atoms with E-state index in [9.17, 15) is 24.9 Å². The number of carbonyl (C=O) groups is 2. The zero-order valence-electron chi connectivity index (χ0n) is 21.0. The van der Waals surface area contributed by atoms with Gasteiger partial charge in [0.25, 0.3) is 0 Å². The first-order valence-corrected chi connectivity index (χ1v) is 13.1. The fourth-order valence-electron chi connectivity index (χ4n) is 8.69. The van der Waals surface area contributed by atoms with Gasteiger partial charge in [0.2, 0.25) is 5.91 Å². The van der Waals surface area contributed by atoms with Crippen molar-refractivity contribution in [1.82, 2.24) is 4.90 Å². The zero-order valence-corrected chi connectivity index (χ0v) is 21.0. The molecule has 5 aliphatic carbocycles. The fraction of sp³-hybridized carbons (Fsp3) is 0.852. The van der Waals surface area contributed by atoms with E-state index < -0.39 is 28.6 Å². The minimum absolute atomic E-state index is 0.0131. The van der Waals surface area contributed by atoms with E-state index in [2.05, 4.69) is 20.8 Å². The molecule has 3 N–H and O–H groups in total. The summed E-state index contributed by atoms with van der Waals surface area (Å²) in [6, 6.07) is 0.247. The molecule has 0 aromatic heterocycles. The van der Waals surface area contributed by atoms with E-state index in [1.54, 1.807) is 13.2 Å². The van der Waals surface area contributed by atoms with Crippen LogP contribution in [0.3, 0.4) is 0 Å². The molecule has 0 bridgehead atoms. The Bertz CT molecular complexity index is 900. The largest absolute Gasteiger partial charge is 0.390 e. The third-order valence-corrected chi connectivity index (χ3v) is 10.7. The van der Waals surface area contributed by atoms with Crippen molar-refractivity contribution in [3.05, 3.63) is 11.6 Å². The summed E-state index contributed by atoms with van der Waals surface area (Å²) in [5.74, 6) is -0.189. The van der Waals surface area contributed by atoms with Gasteiger partial charge in [0, 0.05) is 30.5 Å². The van der Waals surface area contributed by atoms with E-state index in [1.165, 1.54) is 0 Å². The SMILES string of the molecule is COCC(=O)N(C1CC1)C(C)C1CC[C@@]2(O)C3=CC(=O)[C@@H]4C[C@@H](O)[C@@H](O)C[C@]4(C)C3CC[C@]12C. The first-order chi connectivity index (χ1) is 16.0. The number of amides is 1. The first-order valence-electron chi connectivity index (χ1n) is 13.1. The van der Waals surface area contributed by atoms with Gasteiger partial charge in [-0.1, -0.05) is 13.8 Å². The second kappa shape index (κ2) is 8.12. The molecule has 5 rings (SSSR count). The normalized spacial score (nSPS) is 46.7. The van der Waals surface area contributed by atoms with Crippen molar-refractivity contribution in [2.24, 2.45) is 28.6 Å².